The largest absolute Gasteiger partial charge is 0.327 e. The molecule has 1 heterocycles. The van der Waals surface area contributed by atoms with Gasteiger partial charge in [-0.3, -0.25) is 0 Å². The molecule has 0 aromatic carbocycles. The van der Waals surface area contributed by atoms with Gasteiger partial charge in [0.15, 0.2) is 0 Å². The van der Waals surface area contributed by atoms with Crippen LogP contribution in [0.5, 0.6) is 0 Å². The Morgan fingerprint density at radius 3 is 2.56 bits per heavy atom. The maximum absolute atomic E-state index is 6.35. The van der Waals surface area contributed by atoms with Gasteiger partial charge >= 0.3 is 0 Å². The molecule has 4 unspecified atom stereocenters. The van der Waals surface area contributed by atoms with Crippen molar-refractivity contribution >= 4 is 0 Å². The van der Waals surface area contributed by atoms with Crippen LogP contribution in [0.4, 0.5) is 0 Å². The van der Waals surface area contributed by atoms with E-state index in [1.54, 1.807) is 0 Å². The first-order valence-electron chi connectivity index (χ1n) is 8.20. The minimum Gasteiger partial charge on any atom is -0.327 e. The molecule has 2 rings (SSSR count). The van der Waals surface area contributed by atoms with Crippen molar-refractivity contribution in [3.05, 3.63) is 0 Å². The van der Waals surface area contributed by atoms with E-state index in [1.165, 1.54) is 64.6 Å². The lowest BCUT2D eigenvalue weighted by atomic mass is 9.77. The molecule has 106 valence electrons. The van der Waals surface area contributed by atoms with E-state index in [4.69, 9.17) is 5.73 Å². The average Bonchev–Trinajstić information content (AvgIpc) is 2.41. The zero-order valence-electron chi connectivity index (χ0n) is 12.4. The molecule has 2 N–H and O–H groups in total. The van der Waals surface area contributed by atoms with E-state index in [9.17, 15) is 0 Å². The number of likely N-dealkylation sites (tertiary alicyclic amines) is 1. The van der Waals surface area contributed by atoms with Gasteiger partial charge in [0.1, 0.15) is 0 Å². The number of hydrogen-bond acceptors (Lipinski definition) is 2. The second kappa shape index (κ2) is 6.91. The Labute approximate surface area is 113 Å². The summed E-state index contributed by atoms with van der Waals surface area (Å²) in [5.41, 5.74) is 6.35. The predicted octanol–water partition coefficient (Wildman–Crippen LogP) is 3.26. The summed E-state index contributed by atoms with van der Waals surface area (Å²) in [5, 5.41) is 0. The number of nitrogens with zero attached hydrogens (tertiary/aromatic N) is 1. The molecule has 2 aliphatic rings. The summed E-state index contributed by atoms with van der Waals surface area (Å²) < 4.78 is 0. The van der Waals surface area contributed by atoms with E-state index in [2.05, 4.69) is 18.7 Å². The van der Waals surface area contributed by atoms with Crippen molar-refractivity contribution in [3.63, 3.8) is 0 Å². The molecule has 0 spiro atoms. The minimum absolute atomic E-state index is 0.467. The monoisotopic (exact) mass is 252 g/mol. The molecule has 0 aromatic heterocycles. The second-order valence-electron chi connectivity index (χ2n) is 6.69. The van der Waals surface area contributed by atoms with Crippen molar-refractivity contribution in [1.29, 1.82) is 0 Å². The maximum atomic E-state index is 6.35. The first kappa shape index (κ1) is 14.3. The van der Waals surface area contributed by atoms with Crippen molar-refractivity contribution in [3.8, 4) is 0 Å². The third-order valence-electron chi connectivity index (χ3n) is 5.40. The Hall–Kier alpha value is -0.0800. The van der Waals surface area contributed by atoms with Gasteiger partial charge in [-0.1, -0.05) is 26.7 Å². The standard InChI is InChI=1S/C16H32N2/c1-3-13-7-8-16(17)15(10-13)12-18-9-5-6-14(4-2)11-18/h13-16H,3-12,17H2,1-2H3. The lowest BCUT2D eigenvalue weighted by Crippen LogP contribution is -2.45. The molecule has 18 heavy (non-hydrogen) atoms. The van der Waals surface area contributed by atoms with Gasteiger partial charge in [-0.05, 0) is 56.4 Å². The van der Waals surface area contributed by atoms with Crippen LogP contribution in [0.25, 0.3) is 0 Å². The Kier molecular flexibility index (Phi) is 5.50. The number of rotatable bonds is 4. The molecule has 2 fully saturated rings. The topological polar surface area (TPSA) is 29.3 Å². The van der Waals surface area contributed by atoms with Gasteiger partial charge in [0.2, 0.25) is 0 Å². The number of piperidine rings is 1. The molecular formula is C16H32N2. The van der Waals surface area contributed by atoms with Crippen molar-refractivity contribution in [2.24, 2.45) is 23.5 Å². The highest BCUT2D eigenvalue weighted by Crippen LogP contribution is 2.32. The molecule has 1 aliphatic carbocycles. The maximum Gasteiger partial charge on any atom is 0.00795 e. The van der Waals surface area contributed by atoms with Crippen LogP contribution < -0.4 is 5.73 Å². The lowest BCUT2D eigenvalue weighted by Gasteiger charge is -2.40. The molecule has 2 nitrogen and oxygen atoms in total. The van der Waals surface area contributed by atoms with E-state index in [1.807, 2.05) is 0 Å². The summed E-state index contributed by atoms with van der Waals surface area (Å²) >= 11 is 0. The summed E-state index contributed by atoms with van der Waals surface area (Å²) in [4.78, 5) is 2.71. The van der Waals surface area contributed by atoms with E-state index >= 15 is 0 Å². The summed E-state index contributed by atoms with van der Waals surface area (Å²) in [6.45, 7) is 8.60. The molecule has 0 amide bonds. The highest BCUT2D eigenvalue weighted by Gasteiger charge is 2.30. The predicted molar refractivity (Wildman–Crippen MR) is 78.6 cm³/mol. The SMILES string of the molecule is CCC1CCC(N)C(CN2CCCC(CC)C2)C1. The van der Waals surface area contributed by atoms with Gasteiger partial charge in [0.05, 0.1) is 0 Å². The quantitative estimate of drug-likeness (QED) is 0.832. The molecule has 1 saturated heterocycles. The van der Waals surface area contributed by atoms with Gasteiger partial charge < -0.3 is 10.6 Å². The number of hydrogen-bond donors (Lipinski definition) is 1. The summed E-state index contributed by atoms with van der Waals surface area (Å²) in [6.07, 6.45) is 9.55. The van der Waals surface area contributed by atoms with Crippen LogP contribution in [0.3, 0.4) is 0 Å². The van der Waals surface area contributed by atoms with Crippen molar-refractivity contribution in [2.45, 2.75) is 64.8 Å². The van der Waals surface area contributed by atoms with Crippen LogP contribution in [0.2, 0.25) is 0 Å². The fraction of sp³-hybridized carbons (Fsp3) is 1.00. The van der Waals surface area contributed by atoms with Crippen LogP contribution in [-0.4, -0.2) is 30.6 Å². The summed E-state index contributed by atoms with van der Waals surface area (Å²) in [7, 11) is 0. The van der Waals surface area contributed by atoms with Gasteiger partial charge in [-0.2, -0.15) is 0 Å². The normalized spacial score (nSPS) is 38.8. The second-order valence-corrected chi connectivity index (χ2v) is 6.69. The fourth-order valence-electron chi connectivity index (χ4n) is 3.95. The van der Waals surface area contributed by atoms with Crippen molar-refractivity contribution in [1.82, 2.24) is 4.90 Å². The Bertz CT molecular complexity index is 241. The molecule has 4 atom stereocenters. The van der Waals surface area contributed by atoms with E-state index in [0.717, 1.165) is 17.8 Å². The molecule has 0 radical (unpaired) electrons. The Morgan fingerprint density at radius 1 is 1.06 bits per heavy atom. The van der Waals surface area contributed by atoms with E-state index in [0.29, 0.717) is 6.04 Å². The van der Waals surface area contributed by atoms with Crippen molar-refractivity contribution < 1.29 is 0 Å². The minimum atomic E-state index is 0.467. The third-order valence-corrected chi connectivity index (χ3v) is 5.40. The lowest BCUT2D eigenvalue weighted by molar-refractivity contribution is 0.113. The first-order valence-corrected chi connectivity index (χ1v) is 8.20. The Morgan fingerprint density at radius 2 is 1.83 bits per heavy atom. The zero-order chi connectivity index (χ0) is 13.0. The van der Waals surface area contributed by atoms with E-state index in [-0.39, 0.29) is 0 Å². The smallest absolute Gasteiger partial charge is 0.00795 e. The van der Waals surface area contributed by atoms with Gasteiger partial charge in [0, 0.05) is 19.1 Å². The first-order chi connectivity index (χ1) is 8.72. The average molecular weight is 252 g/mol. The molecule has 2 heteroatoms. The third kappa shape index (κ3) is 3.71. The molecule has 0 aromatic rings. The highest BCUT2D eigenvalue weighted by molar-refractivity contribution is 4.85. The molecule has 1 aliphatic heterocycles. The molecule has 1 saturated carbocycles. The Balaban J connectivity index is 1.83. The van der Waals surface area contributed by atoms with Crippen LogP contribution >= 0.6 is 0 Å². The van der Waals surface area contributed by atoms with Crippen LogP contribution in [0.1, 0.15) is 58.8 Å². The van der Waals surface area contributed by atoms with Crippen LogP contribution in [0, 0.1) is 17.8 Å². The van der Waals surface area contributed by atoms with Crippen LogP contribution in [-0.2, 0) is 0 Å². The zero-order valence-corrected chi connectivity index (χ0v) is 12.4. The van der Waals surface area contributed by atoms with Gasteiger partial charge in [-0.25, -0.2) is 0 Å². The molecule has 0 bridgehead atoms. The summed E-state index contributed by atoms with van der Waals surface area (Å²) in [6, 6.07) is 0.467. The molecular weight excluding hydrogens is 220 g/mol. The van der Waals surface area contributed by atoms with Crippen molar-refractivity contribution in [2.75, 3.05) is 19.6 Å². The van der Waals surface area contributed by atoms with Crippen LogP contribution in [0.15, 0.2) is 0 Å². The van der Waals surface area contributed by atoms with E-state index < -0.39 is 0 Å². The highest BCUT2D eigenvalue weighted by atomic mass is 15.1. The fourth-order valence-corrected chi connectivity index (χ4v) is 3.95. The summed E-state index contributed by atoms with van der Waals surface area (Å²) in [5.74, 6) is 2.65. The van der Waals surface area contributed by atoms with Gasteiger partial charge in [-0.15, -0.1) is 0 Å². The number of nitrogens with two attached hydrogens (primary N) is 1. The van der Waals surface area contributed by atoms with Gasteiger partial charge in [0.25, 0.3) is 0 Å².